The van der Waals surface area contributed by atoms with Crippen LogP contribution in [0.5, 0.6) is 0 Å². The molecule has 136 valence electrons. The molecule has 0 atom stereocenters. The summed E-state index contributed by atoms with van der Waals surface area (Å²) in [5.74, 6) is 0.946. The molecule has 0 unspecified atom stereocenters. The Hall–Kier alpha value is -3.35. The quantitative estimate of drug-likeness (QED) is 0.599. The lowest BCUT2D eigenvalue weighted by atomic mass is 10.1. The molecule has 4 rings (SSSR count). The number of nitrogens with one attached hydrogen (secondary N) is 1. The van der Waals surface area contributed by atoms with Crippen molar-refractivity contribution >= 4 is 22.8 Å². The summed E-state index contributed by atoms with van der Waals surface area (Å²) in [6.07, 6.45) is 3.67. The molecule has 0 aliphatic rings. The molecule has 0 spiro atoms. The third-order valence-electron chi connectivity index (χ3n) is 4.67. The van der Waals surface area contributed by atoms with Crippen LogP contribution >= 0.6 is 0 Å². The first-order valence-electron chi connectivity index (χ1n) is 8.77. The lowest BCUT2D eigenvalue weighted by Gasteiger charge is -2.09. The maximum Gasteiger partial charge on any atom is 0.230 e. The number of hydrogen-bond donors (Lipinski definition) is 1. The molecule has 0 saturated carbocycles. The van der Waals surface area contributed by atoms with Crippen molar-refractivity contribution in [1.29, 1.82) is 0 Å². The minimum atomic E-state index is 0.457. The van der Waals surface area contributed by atoms with Crippen molar-refractivity contribution in [3.8, 4) is 11.3 Å². The molecule has 0 aliphatic carbocycles. The predicted octanol–water partition coefficient (Wildman–Crippen LogP) is 3.80. The minimum absolute atomic E-state index is 0.457. The van der Waals surface area contributed by atoms with Crippen molar-refractivity contribution in [3.05, 3.63) is 53.1 Å². The fourth-order valence-electron chi connectivity index (χ4n) is 3.12. The van der Waals surface area contributed by atoms with Gasteiger partial charge in [0, 0.05) is 30.4 Å². The number of rotatable bonds is 3. The second kappa shape index (κ2) is 6.42. The molecule has 3 aromatic heterocycles. The van der Waals surface area contributed by atoms with Crippen LogP contribution in [0, 0.1) is 27.7 Å². The van der Waals surface area contributed by atoms with Gasteiger partial charge >= 0.3 is 0 Å². The third-order valence-corrected chi connectivity index (χ3v) is 4.67. The Morgan fingerprint density at radius 2 is 1.67 bits per heavy atom. The molecule has 0 amide bonds. The zero-order valence-electron chi connectivity index (χ0n) is 16.1. The molecule has 1 aromatic carbocycles. The molecule has 1 N–H and O–H groups in total. The smallest absolute Gasteiger partial charge is 0.230 e. The maximum absolute atomic E-state index is 4.64. The molecular weight excluding hydrogens is 338 g/mol. The molecule has 0 aliphatic heterocycles. The summed E-state index contributed by atoms with van der Waals surface area (Å²) >= 11 is 0. The van der Waals surface area contributed by atoms with Gasteiger partial charge in [0.1, 0.15) is 0 Å². The van der Waals surface area contributed by atoms with E-state index in [-0.39, 0.29) is 0 Å². The molecule has 4 aromatic rings. The highest BCUT2D eigenvalue weighted by Gasteiger charge is 2.11. The van der Waals surface area contributed by atoms with Gasteiger partial charge in [0.15, 0.2) is 0 Å². The van der Waals surface area contributed by atoms with Crippen molar-refractivity contribution < 1.29 is 0 Å². The molecule has 0 bridgehead atoms. The van der Waals surface area contributed by atoms with Gasteiger partial charge in [0.05, 0.1) is 22.6 Å². The zero-order valence-corrected chi connectivity index (χ0v) is 16.1. The van der Waals surface area contributed by atoms with Gasteiger partial charge in [-0.05, 0) is 57.0 Å². The van der Waals surface area contributed by atoms with E-state index in [1.807, 2.05) is 33.2 Å². The van der Waals surface area contributed by atoms with Gasteiger partial charge in [-0.1, -0.05) is 0 Å². The van der Waals surface area contributed by atoms with Crippen LogP contribution in [-0.2, 0) is 7.05 Å². The topological polar surface area (TPSA) is 81.4 Å². The van der Waals surface area contributed by atoms with Crippen LogP contribution in [0.25, 0.3) is 22.2 Å². The normalized spacial score (nSPS) is 11.1. The van der Waals surface area contributed by atoms with Gasteiger partial charge in [-0.15, -0.1) is 0 Å². The number of fused-ring (bicyclic) bond motifs is 1. The zero-order chi connectivity index (χ0) is 19.1. The molecule has 0 fully saturated rings. The van der Waals surface area contributed by atoms with E-state index in [1.165, 1.54) is 11.1 Å². The number of aryl methyl sites for hydroxylation is 5. The second-order valence-corrected chi connectivity index (χ2v) is 6.78. The highest BCUT2D eigenvalue weighted by molar-refractivity contribution is 5.83. The van der Waals surface area contributed by atoms with Gasteiger partial charge in [-0.3, -0.25) is 10.00 Å². The van der Waals surface area contributed by atoms with Crippen molar-refractivity contribution in [2.24, 2.45) is 7.05 Å². The van der Waals surface area contributed by atoms with Crippen molar-refractivity contribution in [3.63, 3.8) is 0 Å². The van der Waals surface area contributed by atoms with Gasteiger partial charge < -0.3 is 0 Å². The first-order valence-corrected chi connectivity index (χ1v) is 8.77. The number of benzene rings is 1. The highest BCUT2D eigenvalue weighted by Crippen LogP contribution is 2.24. The van der Waals surface area contributed by atoms with Crippen LogP contribution in [-0.4, -0.2) is 29.7 Å². The predicted molar refractivity (Wildman–Crippen MR) is 106 cm³/mol. The number of anilines is 2. The summed E-state index contributed by atoms with van der Waals surface area (Å²) in [5, 5.41) is 8.57. The number of aromatic nitrogens is 6. The van der Waals surface area contributed by atoms with Crippen LogP contribution < -0.4 is 5.32 Å². The lowest BCUT2D eigenvalue weighted by Crippen LogP contribution is -2.03. The van der Waals surface area contributed by atoms with E-state index < -0.39 is 0 Å². The average molecular weight is 359 g/mol. The van der Waals surface area contributed by atoms with E-state index in [2.05, 4.69) is 56.3 Å². The van der Waals surface area contributed by atoms with Crippen LogP contribution in [0.15, 0.2) is 30.6 Å². The highest BCUT2D eigenvalue weighted by atomic mass is 15.3. The summed E-state index contributed by atoms with van der Waals surface area (Å²) in [4.78, 5) is 18.1. The third kappa shape index (κ3) is 3.23. The van der Waals surface area contributed by atoms with E-state index in [0.29, 0.717) is 11.9 Å². The largest absolute Gasteiger partial charge is 0.293 e. The Labute approximate surface area is 157 Å². The maximum atomic E-state index is 4.64. The first kappa shape index (κ1) is 17.1. The summed E-state index contributed by atoms with van der Waals surface area (Å²) in [5.41, 5.74) is 6.98. The summed E-state index contributed by atoms with van der Waals surface area (Å²) in [6.45, 7) is 8.13. The lowest BCUT2D eigenvalue weighted by molar-refractivity contribution is 0.756. The molecule has 0 saturated heterocycles. The van der Waals surface area contributed by atoms with Crippen LogP contribution in [0.1, 0.15) is 22.5 Å². The number of hydrogen-bond acceptors (Lipinski definition) is 6. The Morgan fingerprint density at radius 1 is 0.889 bits per heavy atom. The van der Waals surface area contributed by atoms with Gasteiger partial charge in [-0.25, -0.2) is 19.9 Å². The average Bonchev–Trinajstić information content (AvgIpc) is 2.95. The van der Waals surface area contributed by atoms with Gasteiger partial charge in [0.25, 0.3) is 0 Å². The van der Waals surface area contributed by atoms with E-state index in [1.54, 1.807) is 10.9 Å². The van der Waals surface area contributed by atoms with Gasteiger partial charge in [-0.2, -0.15) is 5.10 Å². The van der Waals surface area contributed by atoms with E-state index >= 15 is 0 Å². The minimum Gasteiger partial charge on any atom is -0.293 e. The monoisotopic (exact) mass is 359 g/mol. The Balaban J connectivity index is 1.71. The SMILES string of the molecule is Cc1cc2nc(Nc3nccc(-c4cn(C)nc4C)n3)nc(C)c2cc1C. The second-order valence-electron chi connectivity index (χ2n) is 6.78. The number of nitrogens with zero attached hydrogens (tertiary/aromatic N) is 6. The summed E-state index contributed by atoms with van der Waals surface area (Å²) < 4.78 is 1.78. The van der Waals surface area contributed by atoms with Crippen molar-refractivity contribution in [1.82, 2.24) is 29.7 Å². The van der Waals surface area contributed by atoms with Crippen molar-refractivity contribution in [2.45, 2.75) is 27.7 Å². The van der Waals surface area contributed by atoms with Gasteiger partial charge in [0.2, 0.25) is 11.9 Å². The molecule has 3 heterocycles. The molecule has 0 radical (unpaired) electrons. The van der Waals surface area contributed by atoms with Crippen LogP contribution in [0.4, 0.5) is 11.9 Å². The summed E-state index contributed by atoms with van der Waals surface area (Å²) in [7, 11) is 1.90. The Bertz CT molecular complexity index is 1160. The van der Waals surface area contributed by atoms with E-state index in [9.17, 15) is 0 Å². The fraction of sp³-hybridized carbons (Fsp3) is 0.250. The molecule has 27 heavy (non-hydrogen) atoms. The molecule has 7 heteroatoms. The first-order chi connectivity index (χ1) is 12.9. The Morgan fingerprint density at radius 3 is 2.41 bits per heavy atom. The molecule has 7 nitrogen and oxygen atoms in total. The van der Waals surface area contributed by atoms with E-state index in [4.69, 9.17) is 0 Å². The Kier molecular flexibility index (Phi) is 4.07. The van der Waals surface area contributed by atoms with Crippen LogP contribution in [0.2, 0.25) is 0 Å². The fourth-order valence-corrected chi connectivity index (χ4v) is 3.12. The van der Waals surface area contributed by atoms with Crippen LogP contribution in [0.3, 0.4) is 0 Å². The van der Waals surface area contributed by atoms with E-state index in [0.717, 1.165) is 33.5 Å². The van der Waals surface area contributed by atoms with Crippen molar-refractivity contribution in [2.75, 3.05) is 5.32 Å². The molecular formula is C20H21N7. The summed E-state index contributed by atoms with van der Waals surface area (Å²) in [6, 6.07) is 6.08. The standard InChI is InChI=1S/C20H21N7/c1-11-8-15-13(3)22-20(24-18(15)9-12(11)2)25-19-21-7-6-17(23-19)16-10-27(5)26-14(16)4/h6-10H,1-5H3,(H,21,22,23,24,25).